The zero-order valence-corrected chi connectivity index (χ0v) is 11.8. The second kappa shape index (κ2) is 6.76. The van der Waals surface area contributed by atoms with Crippen molar-refractivity contribution in [1.82, 2.24) is 5.32 Å². The molecule has 1 aromatic carbocycles. The average molecular weight is 288 g/mol. The molecule has 0 saturated heterocycles. The highest BCUT2D eigenvalue weighted by Gasteiger charge is 2.20. The minimum atomic E-state index is -0.234. The Morgan fingerprint density at radius 3 is 2.44 bits per heavy atom. The van der Waals surface area contributed by atoms with E-state index in [1.807, 2.05) is 12.1 Å². The molecule has 2 N–H and O–H groups in total. The Bertz CT molecular complexity index is 377. The van der Waals surface area contributed by atoms with Gasteiger partial charge < -0.3 is 10.4 Å². The van der Waals surface area contributed by atoms with Crippen molar-refractivity contribution in [3.63, 3.8) is 0 Å². The smallest absolute Gasteiger partial charge is 0.0693 e. The van der Waals surface area contributed by atoms with Crippen molar-refractivity contribution in [2.45, 2.75) is 50.8 Å². The Morgan fingerprint density at radius 2 is 1.72 bits per heavy atom. The molecule has 2 atom stereocenters. The van der Waals surface area contributed by atoms with Crippen LogP contribution in [-0.2, 0) is 6.54 Å². The Morgan fingerprint density at radius 1 is 1.06 bits per heavy atom. The summed E-state index contributed by atoms with van der Waals surface area (Å²) in [6.45, 7) is 0.696. The van der Waals surface area contributed by atoms with Crippen LogP contribution < -0.4 is 5.32 Å². The lowest BCUT2D eigenvalue weighted by Gasteiger charge is -2.22. The summed E-state index contributed by atoms with van der Waals surface area (Å²) >= 11 is 11.9. The van der Waals surface area contributed by atoms with Crippen LogP contribution in [-0.4, -0.2) is 17.3 Å². The summed E-state index contributed by atoms with van der Waals surface area (Å²) in [7, 11) is 0. The zero-order valence-electron chi connectivity index (χ0n) is 10.3. The average Bonchev–Trinajstić information content (AvgIpc) is 2.50. The van der Waals surface area contributed by atoms with Crippen LogP contribution in [0.1, 0.15) is 37.7 Å². The van der Waals surface area contributed by atoms with Crippen LogP contribution in [0.2, 0.25) is 10.0 Å². The highest BCUT2D eigenvalue weighted by molar-refractivity contribution is 6.34. The van der Waals surface area contributed by atoms with Gasteiger partial charge in [0.1, 0.15) is 0 Å². The number of aliphatic hydroxyl groups is 1. The van der Waals surface area contributed by atoms with Crippen LogP contribution >= 0.6 is 23.2 Å². The summed E-state index contributed by atoms with van der Waals surface area (Å²) in [5, 5.41) is 14.7. The van der Waals surface area contributed by atoms with Crippen molar-refractivity contribution >= 4 is 23.2 Å². The Balaban J connectivity index is 1.93. The molecule has 2 nitrogen and oxygen atoms in total. The molecule has 0 aromatic heterocycles. The van der Waals surface area contributed by atoms with Gasteiger partial charge >= 0.3 is 0 Å². The van der Waals surface area contributed by atoms with Crippen molar-refractivity contribution in [3.8, 4) is 0 Å². The van der Waals surface area contributed by atoms with Crippen molar-refractivity contribution < 1.29 is 5.11 Å². The second-order valence-corrected chi connectivity index (χ2v) is 5.84. The molecule has 1 aliphatic carbocycles. The molecule has 0 bridgehead atoms. The summed E-state index contributed by atoms with van der Waals surface area (Å²) < 4.78 is 0. The number of hydrogen-bond acceptors (Lipinski definition) is 2. The van der Waals surface area contributed by atoms with Gasteiger partial charge in [-0.3, -0.25) is 0 Å². The number of hydrogen-bond donors (Lipinski definition) is 2. The monoisotopic (exact) mass is 287 g/mol. The topological polar surface area (TPSA) is 32.3 Å². The number of rotatable bonds is 3. The SMILES string of the molecule is OC1CCCCCC1NCc1cc(Cl)cc(Cl)c1. The van der Waals surface area contributed by atoms with E-state index in [9.17, 15) is 5.11 Å². The van der Waals surface area contributed by atoms with E-state index in [2.05, 4.69) is 5.32 Å². The fraction of sp³-hybridized carbons (Fsp3) is 0.571. The molecule has 0 radical (unpaired) electrons. The van der Waals surface area contributed by atoms with E-state index in [0.29, 0.717) is 16.6 Å². The van der Waals surface area contributed by atoms with E-state index in [4.69, 9.17) is 23.2 Å². The molecule has 18 heavy (non-hydrogen) atoms. The number of halogens is 2. The van der Waals surface area contributed by atoms with Crippen LogP contribution in [0.5, 0.6) is 0 Å². The molecular formula is C14H19Cl2NO. The molecular weight excluding hydrogens is 269 g/mol. The molecule has 0 spiro atoms. The van der Waals surface area contributed by atoms with Crippen molar-refractivity contribution in [2.75, 3.05) is 0 Å². The largest absolute Gasteiger partial charge is 0.392 e. The molecule has 1 fully saturated rings. The summed E-state index contributed by atoms with van der Waals surface area (Å²) in [6.07, 6.45) is 5.23. The highest BCUT2D eigenvalue weighted by atomic mass is 35.5. The molecule has 4 heteroatoms. The summed E-state index contributed by atoms with van der Waals surface area (Å²) in [4.78, 5) is 0. The third-order valence-electron chi connectivity index (χ3n) is 3.47. The number of benzene rings is 1. The van der Waals surface area contributed by atoms with Crippen molar-refractivity contribution in [2.24, 2.45) is 0 Å². The third-order valence-corrected chi connectivity index (χ3v) is 3.91. The normalized spacial score (nSPS) is 24.8. The van der Waals surface area contributed by atoms with E-state index in [1.54, 1.807) is 6.07 Å². The van der Waals surface area contributed by atoms with E-state index < -0.39 is 0 Å². The Hall–Kier alpha value is -0.280. The first kappa shape index (κ1) is 14.1. The molecule has 0 aliphatic heterocycles. The maximum absolute atomic E-state index is 10.0. The van der Waals surface area contributed by atoms with E-state index >= 15 is 0 Å². The Labute approximate surface area is 118 Å². The van der Waals surface area contributed by atoms with Gasteiger partial charge in [0.15, 0.2) is 0 Å². The minimum Gasteiger partial charge on any atom is -0.392 e. The van der Waals surface area contributed by atoms with Gasteiger partial charge in [0.05, 0.1) is 6.10 Å². The summed E-state index contributed by atoms with van der Waals surface area (Å²) in [6, 6.07) is 5.73. The predicted molar refractivity (Wildman–Crippen MR) is 76.2 cm³/mol. The quantitative estimate of drug-likeness (QED) is 0.830. The Kier molecular flexibility index (Phi) is 5.31. The van der Waals surface area contributed by atoms with Crippen molar-refractivity contribution in [1.29, 1.82) is 0 Å². The molecule has 1 aromatic rings. The molecule has 2 rings (SSSR count). The highest BCUT2D eigenvalue weighted by Crippen LogP contribution is 2.21. The first-order chi connectivity index (χ1) is 8.65. The lowest BCUT2D eigenvalue weighted by Crippen LogP contribution is -2.38. The van der Waals surface area contributed by atoms with Crippen LogP contribution in [0.15, 0.2) is 18.2 Å². The van der Waals surface area contributed by atoms with Gasteiger partial charge in [-0.05, 0) is 36.6 Å². The van der Waals surface area contributed by atoms with Gasteiger partial charge in [-0.1, -0.05) is 42.5 Å². The van der Waals surface area contributed by atoms with Gasteiger partial charge in [-0.15, -0.1) is 0 Å². The maximum atomic E-state index is 10.0. The first-order valence-electron chi connectivity index (χ1n) is 6.51. The third kappa shape index (κ3) is 4.13. The fourth-order valence-electron chi connectivity index (χ4n) is 2.49. The van der Waals surface area contributed by atoms with E-state index in [-0.39, 0.29) is 12.1 Å². The van der Waals surface area contributed by atoms with Gasteiger partial charge in [0, 0.05) is 22.6 Å². The fourth-order valence-corrected chi connectivity index (χ4v) is 3.06. The molecule has 2 unspecified atom stereocenters. The van der Waals surface area contributed by atoms with Crippen LogP contribution in [0.25, 0.3) is 0 Å². The maximum Gasteiger partial charge on any atom is 0.0693 e. The minimum absolute atomic E-state index is 0.185. The lowest BCUT2D eigenvalue weighted by molar-refractivity contribution is 0.119. The number of nitrogens with one attached hydrogen (secondary N) is 1. The van der Waals surface area contributed by atoms with Gasteiger partial charge in [-0.25, -0.2) is 0 Å². The zero-order chi connectivity index (χ0) is 13.0. The van der Waals surface area contributed by atoms with Crippen LogP contribution in [0, 0.1) is 0 Å². The van der Waals surface area contributed by atoms with Gasteiger partial charge in [0.25, 0.3) is 0 Å². The lowest BCUT2D eigenvalue weighted by atomic mass is 10.1. The standard InChI is InChI=1S/C14H19Cl2NO/c15-11-6-10(7-12(16)8-11)9-17-13-4-2-1-3-5-14(13)18/h6-8,13-14,17-18H,1-5,9H2. The molecule has 1 saturated carbocycles. The van der Waals surface area contributed by atoms with Gasteiger partial charge in [-0.2, -0.15) is 0 Å². The second-order valence-electron chi connectivity index (χ2n) is 4.97. The number of aliphatic hydroxyl groups excluding tert-OH is 1. The van der Waals surface area contributed by atoms with Crippen molar-refractivity contribution in [3.05, 3.63) is 33.8 Å². The molecule has 100 valence electrons. The van der Waals surface area contributed by atoms with Crippen LogP contribution in [0.3, 0.4) is 0 Å². The predicted octanol–water partition coefficient (Wildman–Crippen LogP) is 3.78. The molecule has 1 aliphatic rings. The van der Waals surface area contributed by atoms with E-state index in [1.165, 1.54) is 12.8 Å². The van der Waals surface area contributed by atoms with Gasteiger partial charge in [0.2, 0.25) is 0 Å². The van der Waals surface area contributed by atoms with E-state index in [0.717, 1.165) is 24.8 Å². The summed E-state index contributed by atoms with van der Waals surface area (Å²) in [5.41, 5.74) is 1.06. The summed E-state index contributed by atoms with van der Waals surface area (Å²) in [5.74, 6) is 0. The van der Waals surface area contributed by atoms with Crippen LogP contribution in [0.4, 0.5) is 0 Å². The molecule has 0 amide bonds. The molecule has 0 heterocycles. The first-order valence-corrected chi connectivity index (χ1v) is 7.27.